The van der Waals surface area contributed by atoms with Gasteiger partial charge in [-0.1, -0.05) is 42.5 Å². The van der Waals surface area contributed by atoms with Crippen LogP contribution in [0, 0.1) is 13.8 Å². The molecule has 4 aromatic rings. The number of benzene rings is 3. The second-order valence-corrected chi connectivity index (χ2v) is 9.17. The van der Waals surface area contributed by atoms with Gasteiger partial charge in [-0.15, -0.1) is 0 Å². The highest BCUT2D eigenvalue weighted by atomic mass is 16.5. The number of rotatable bonds is 8. The Labute approximate surface area is 201 Å². The molecular weight excluding hydrogens is 422 g/mol. The molecule has 2 heterocycles. The number of aryl methyl sites for hydroxylation is 3. The number of carbonyl (C=O) groups excluding carboxylic acids is 1. The molecule has 0 radical (unpaired) electrons. The Morgan fingerprint density at radius 2 is 1.79 bits per heavy atom. The van der Waals surface area contributed by atoms with Crippen LogP contribution in [0.25, 0.3) is 11.0 Å². The fraction of sp³-hybridized carbons (Fsp3) is 0.310. The van der Waals surface area contributed by atoms with Gasteiger partial charge in [0.15, 0.2) is 0 Å². The lowest BCUT2D eigenvalue weighted by molar-refractivity contribution is -0.117. The molecular formula is C29H31N3O2. The maximum Gasteiger partial charge on any atom is 0.227 e. The molecule has 0 aliphatic carbocycles. The number of para-hydroxylation sites is 3. The van der Waals surface area contributed by atoms with E-state index >= 15 is 0 Å². The van der Waals surface area contributed by atoms with Crippen LogP contribution in [0.1, 0.15) is 42.1 Å². The van der Waals surface area contributed by atoms with Crippen LogP contribution in [-0.4, -0.2) is 28.6 Å². The van der Waals surface area contributed by atoms with Crippen LogP contribution in [0.15, 0.2) is 72.8 Å². The predicted octanol–water partition coefficient (Wildman–Crippen LogP) is 6.03. The van der Waals surface area contributed by atoms with Gasteiger partial charge in [-0.2, -0.15) is 0 Å². The second-order valence-electron chi connectivity index (χ2n) is 9.17. The minimum atomic E-state index is 0.0862. The molecule has 5 heteroatoms. The zero-order valence-electron chi connectivity index (χ0n) is 19.9. The molecule has 1 fully saturated rings. The van der Waals surface area contributed by atoms with Crippen LogP contribution < -0.4 is 9.64 Å². The lowest BCUT2D eigenvalue weighted by Crippen LogP contribution is -2.25. The van der Waals surface area contributed by atoms with E-state index in [0.29, 0.717) is 19.6 Å². The van der Waals surface area contributed by atoms with Gasteiger partial charge < -0.3 is 14.2 Å². The summed E-state index contributed by atoms with van der Waals surface area (Å²) in [5, 5.41) is 0. The number of unbranched alkanes of at least 4 members (excludes halogenated alkanes) is 1. The third-order valence-electron chi connectivity index (χ3n) is 6.61. The normalized spacial score (nSPS) is 15.9. The molecule has 3 aromatic carbocycles. The van der Waals surface area contributed by atoms with Crippen molar-refractivity contribution in [2.24, 2.45) is 0 Å². The van der Waals surface area contributed by atoms with E-state index in [-0.39, 0.29) is 11.8 Å². The van der Waals surface area contributed by atoms with E-state index < -0.39 is 0 Å². The maximum absolute atomic E-state index is 13.0. The van der Waals surface area contributed by atoms with E-state index in [1.807, 2.05) is 41.3 Å². The van der Waals surface area contributed by atoms with Gasteiger partial charge in [0.2, 0.25) is 5.91 Å². The predicted molar refractivity (Wildman–Crippen MR) is 137 cm³/mol. The number of anilines is 1. The summed E-state index contributed by atoms with van der Waals surface area (Å²) in [7, 11) is 0. The minimum Gasteiger partial charge on any atom is -0.494 e. The molecule has 0 spiro atoms. The van der Waals surface area contributed by atoms with Gasteiger partial charge in [0.25, 0.3) is 0 Å². The monoisotopic (exact) mass is 453 g/mol. The molecule has 1 atom stereocenters. The van der Waals surface area contributed by atoms with Crippen molar-refractivity contribution in [3.63, 3.8) is 0 Å². The van der Waals surface area contributed by atoms with Crippen molar-refractivity contribution in [3.8, 4) is 5.75 Å². The van der Waals surface area contributed by atoms with E-state index in [4.69, 9.17) is 9.72 Å². The molecule has 1 aliphatic heterocycles. The number of imidazole rings is 1. The SMILES string of the molecule is Cc1cccc(OCCCCn2c([C@@H]3CC(=O)N(c4ccccc4C)C3)nc3ccccc32)c1. The number of hydrogen-bond acceptors (Lipinski definition) is 3. The van der Waals surface area contributed by atoms with Crippen molar-refractivity contribution in [1.82, 2.24) is 9.55 Å². The van der Waals surface area contributed by atoms with E-state index in [1.165, 1.54) is 5.56 Å². The fourth-order valence-corrected chi connectivity index (χ4v) is 4.89. The highest BCUT2D eigenvalue weighted by Gasteiger charge is 2.35. The zero-order valence-corrected chi connectivity index (χ0v) is 19.9. The van der Waals surface area contributed by atoms with Gasteiger partial charge in [-0.05, 0) is 68.1 Å². The Kier molecular flexibility index (Phi) is 6.35. The Bertz CT molecular complexity index is 1310. The van der Waals surface area contributed by atoms with Gasteiger partial charge in [-0.25, -0.2) is 4.98 Å². The first kappa shape index (κ1) is 22.2. The molecule has 1 amide bonds. The summed E-state index contributed by atoms with van der Waals surface area (Å²) in [6.07, 6.45) is 2.44. The molecule has 5 nitrogen and oxygen atoms in total. The smallest absolute Gasteiger partial charge is 0.227 e. The number of hydrogen-bond donors (Lipinski definition) is 0. The van der Waals surface area contributed by atoms with E-state index in [1.54, 1.807) is 0 Å². The van der Waals surface area contributed by atoms with Crippen molar-refractivity contribution in [1.29, 1.82) is 0 Å². The summed E-state index contributed by atoms with van der Waals surface area (Å²) in [6, 6.07) is 24.6. The summed E-state index contributed by atoms with van der Waals surface area (Å²) < 4.78 is 8.26. The number of amides is 1. The summed E-state index contributed by atoms with van der Waals surface area (Å²) >= 11 is 0. The lowest BCUT2D eigenvalue weighted by Gasteiger charge is -2.19. The number of ether oxygens (including phenoxy) is 1. The number of carbonyl (C=O) groups is 1. The van der Waals surface area contributed by atoms with Crippen LogP contribution in [0.2, 0.25) is 0 Å². The molecule has 5 rings (SSSR count). The molecule has 0 N–H and O–H groups in total. The van der Waals surface area contributed by atoms with Crippen LogP contribution in [0.5, 0.6) is 5.75 Å². The number of fused-ring (bicyclic) bond motifs is 1. The van der Waals surface area contributed by atoms with E-state index in [2.05, 4.69) is 54.8 Å². The first-order valence-corrected chi connectivity index (χ1v) is 12.1. The largest absolute Gasteiger partial charge is 0.494 e. The van der Waals surface area contributed by atoms with Gasteiger partial charge in [0.1, 0.15) is 11.6 Å². The Morgan fingerprint density at radius 1 is 0.971 bits per heavy atom. The Hall–Kier alpha value is -3.60. The van der Waals surface area contributed by atoms with Gasteiger partial charge in [0, 0.05) is 31.1 Å². The molecule has 1 saturated heterocycles. The molecule has 0 bridgehead atoms. The number of aromatic nitrogens is 2. The molecule has 1 aromatic heterocycles. The number of nitrogens with zero attached hydrogens (tertiary/aromatic N) is 3. The van der Waals surface area contributed by atoms with Crippen molar-refractivity contribution < 1.29 is 9.53 Å². The zero-order chi connectivity index (χ0) is 23.5. The third kappa shape index (κ3) is 4.56. The van der Waals surface area contributed by atoms with Crippen LogP contribution >= 0.6 is 0 Å². The topological polar surface area (TPSA) is 47.4 Å². The quantitative estimate of drug-likeness (QED) is 0.306. The molecule has 34 heavy (non-hydrogen) atoms. The van der Waals surface area contributed by atoms with Crippen LogP contribution in [-0.2, 0) is 11.3 Å². The van der Waals surface area contributed by atoms with Gasteiger partial charge in [-0.3, -0.25) is 4.79 Å². The Morgan fingerprint density at radius 3 is 2.65 bits per heavy atom. The average Bonchev–Trinajstić information content (AvgIpc) is 3.40. The van der Waals surface area contributed by atoms with Crippen molar-refractivity contribution in [2.75, 3.05) is 18.1 Å². The van der Waals surface area contributed by atoms with Crippen LogP contribution in [0.3, 0.4) is 0 Å². The van der Waals surface area contributed by atoms with Gasteiger partial charge >= 0.3 is 0 Å². The van der Waals surface area contributed by atoms with E-state index in [0.717, 1.165) is 53.2 Å². The molecule has 174 valence electrons. The summed E-state index contributed by atoms with van der Waals surface area (Å²) in [4.78, 5) is 19.9. The Balaban J connectivity index is 1.30. The minimum absolute atomic E-state index is 0.0862. The average molecular weight is 454 g/mol. The summed E-state index contributed by atoms with van der Waals surface area (Å²) in [5.74, 6) is 2.20. The van der Waals surface area contributed by atoms with Gasteiger partial charge in [0.05, 0.1) is 17.6 Å². The molecule has 0 unspecified atom stereocenters. The standard InChI is InChI=1S/C29H31N3O2/c1-21-10-9-12-24(18-21)34-17-8-7-16-31-27-15-6-4-13-25(27)30-29(31)23-19-28(33)32(20-23)26-14-5-3-11-22(26)2/h3-6,9-15,18,23H,7-8,16-17,19-20H2,1-2H3/t23-/m1/s1. The van der Waals surface area contributed by atoms with E-state index in [9.17, 15) is 4.79 Å². The first-order chi connectivity index (χ1) is 16.6. The van der Waals surface area contributed by atoms with Crippen LogP contribution in [0.4, 0.5) is 5.69 Å². The third-order valence-corrected chi connectivity index (χ3v) is 6.61. The molecule has 1 aliphatic rings. The lowest BCUT2D eigenvalue weighted by atomic mass is 10.1. The summed E-state index contributed by atoms with van der Waals surface area (Å²) in [5.41, 5.74) is 5.47. The van der Waals surface area contributed by atoms with Crippen molar-refractivity contribution >= 4 is 22.6 Å². The van der Waals surface area contributed by atoms with Crippen molar-refractivity contribution in [3.05, 3.63) is 89.7 Å². The maximum atomic E-state index is 13.0. The molecule has 0 saturated carbocycles. The van der Waals surface area contributed by atoms with Crippen molar-refractivity contribution in [2.45, 2.75) is 45.6 Å². The highest BCUT2D eigenvalue weighted by molar-refractivity contribution is 5.97. The highest BCUT2D eigenvalue weighted by Crippen LogP contribution is 2.34. The fourth-order valence-electron chi connectivity index (χ4n) is 4.89. The first-order valence-electron chi connectivity index (χ1n) is 12.1. The summed E-state index contributed by atoms with van der Waals surface area (Å²) in [6.45, 7) is 6.36. The second kappa shape index (κ2) is 9.72.